The van der Waals surface area contributed by atoms with Crippen LogP contribution in [0.25, 0.3) is 0 Å². The molecule has 140 valence electrons. The predicted octanol–water partition coefficient (Wildman–Crippen LogP) is 3.56. The molecule has 4 nitrogen and oxygen atoms in total. The number of aliphatic hydroxyl groups excluding tert-OH is 2. The van der Waals surface area contributed by atoms with Crippen molar-refractivity contribution < 1.29 is 19.7 Å². The molecule has 4 heteroatoms. The van der Waals surface area contributed by atoms with Crippen LogP contribution in [0.5, 0.6) is 5.75 Å². The fourth-order valence-electron chi connectivity index (χ4n) is 3.49. The fourth-order valence-corrected chi connectivity index (χ4v) is 3.49. The summed E-state index contributed by atoms with van der Waals surface area (Å²) >= 11 is 0. The minimum Gasteiger partial charge on any atom is -0.494 e. The Kier molecular flexibility index (Phi) is 6.30. The van der Waals surface area contributed by atoms with Gasteiger partial charge in [-0.3, -0.25) is 0 Å². The normalized spacial score (nSPS) is 23.0. The van der Waals surface area contributed by atoms with E-state index in [1.807, 2.05) is 19.1 Å². The first-order valence-corrected chi connectivity index (χ1v) is 9.34. The molecule has 26 heavy (non-hydrogen) atoms. The van der Waals surface area contributed by atoms with Gasteiger partial charge in [0, 0.05) is 12.8 Å². The first-order chi connectivity index (χ1) is 12.6. The van der Waals surface area contributed by atoms with Gasteiger partial charge in [0.15, 0.2) is 0 Å². The van der Waals surface area contributed by atoms with E-state index in [0.29, 0.717) is 19.4 Å². The molecule has 1 aliphatic heterocycles. The highest BCUT2D eigenvalue weighted by molar-refractivity contribution is 5.38. The van der Waals surface area contributed by atoms with Crippen molar-refractivity contribution in [3.8, 4) is 5.75 Å². The third-order valence-corrected chi connectivity index (χ3v) is 4.96. The number of benzene rings is 2. The van der Waals surface area contributed by atoms with Crippen molar-refractivity contribution in [2.45, 2.75) is 51.4 Å². The second-order valence-corrected chi connectivity index (χ2v) is 6.99. The highest BCUT2D eigenvalue weighted by Gasteiger charge is 2.29. The van der Waals surface area contributed by atoms with Crippen LogP contribution < -0.4 is 4.74 Å². The Hall–Kier alpha value is -1.88. The van der Waals surface area contributed by atoms with Gasteiger partial charge in [0.1, 0.15) is 5.75 Å². The zero-order valence-corrected chi connectivity index (χ0v) is 15.5. The molecule has 3 rings (SSSR count). The third-order valence-electron chi connectivity index (χ3n) is 4.96. The number of ether oxygens (including phenoxy) is 2. The summed E-state index contributed by atoms with van der Waals surface area (Å²) in [6, 6.07) is 14.5. The molecule has 0 saturated carbocycles. The molecule has 2 aromatic carbocycles. The molecule has 0 radical (unpaired) electrons. The van der Waals surface area contributed by atoms with Crippen molar-refractivity contribution in [1.82, 2.24) is 0 Å². The summed E-state index contributed by atoms with van der Waals surface area (Å²) in [6.07, 6.45) is 1.02. The number of aliphatic hydroxyl groups is 2. The number of hydrogen-bond acceptors (Lipinski definition) is 4. The molecule has 3 atom stereocenters. The van der Waals surface area contributed by atoms with Crippen LogP contribution in [0.2, 0.25) is 0 Å². The molecular weight excluding hydrogens is 328 g/mol. The summed E-state index contributed by atoms with van der Waals surface area (Å²) in [7, 11) is 0. The summed E-state index contributed by atoms with van der Waals surface area (Å²) in [5, 5.41) is 19.4. The minimum atomic E-state index is -0.429. The lowest BCUT2D eigenvalue weighted by molar-refractivity contribution is -0.113. The van der Waals surface area contributed by atoms with Crippen molar-refractivity contribution in [1.29, 1.82) is 0 Å². The largest absolute Gasteiger partial charge is 0.494 e. The maximum Gasteiger partial charge on any atom is 0.119 e. The Morgan fingerprint density at radius 2 is 1.88 bits per heavy atom. The Morgan fingerprint density at radius 3 is 2.58 bits per heavy atom. The van der Waals surface area contributed by atoms with Gasteiger partial charge in [-0.1, -0.05) is 30.3 Å². The highest BCUT2D eigenvalue weighted by atomic mass is 16.5. The molecule has 1 heterocycles. The van der Waals surface area contributed by atoms with Gasteiger partial charge in [0.05, 0.1) is 31.5 Å². The average molecular weight is 356 g/mol. The smallest absolute Gasteiger partial charge is 0.119 e. The molecule has 0 amide bonds. The highest BCUT2D eigenvalue weighted by Crippen LogP contribution is 2.32. The van der Waals surface area contributed by atoms with Crippen molar-refractivity contribution in [2.75, 3.05) is 13.2 Å². The first kappa shape index (κ1) is 18.9. The summed E-state index contributed by atoms with van der Waals surface area (Å²) in [6.45, 7) is 4.70. The van der Waals surface area contributed by atoms with Gasteiger partial charge >= 0.3 is 0 Å². The summed E-state index contributed by atoms with van der Waals surface area (Å²) in [5.74, 6) is 0.890. The molecule has 3 unspecified atom stereocenters. The monoisotopic (exact) mass is 356 g/mol. The quantitative estimate of drug-likeness (QED) is 0.831. The zero-order valence-electron chi connectivity index (χ0n) is 15.5. The van der Waals surface area contributed by atoms with Gasteiger partial charge < -0.3 is 19.7 Å². The summed E-state index contributed by atoms with van der Waals surface area (Å²) < 4.78 is 11.5. The van der Waals surface area contributed by atoms with E-state index in [2.05, 4.69) is 37.3 Å². The molecule has 1 saturated heterocycles. The fraction of sp³-hybridized carbons (Fsp3) is 0.455. The van der Waals surface area contributed by atoms with E-state index in [1.165, 1.54) is 16.7 Å². The maximum absolute atomic E-state index is 10.1. The average Bonchev–Trinajstić information content (AvgIpc) is 2.64. The van der Waals surface area contributed by atoms with E-state index >= 15 is 0 Å². The second kappa shape index (κ2) is 8.67. The SMILES string of the molecule is CCOc1ccc(Cc2cc(C3CC(O)CC(CO)O3)ccc2C)cc1. The maximum atomic E-state index is 10.1. The van der Waals surface area contributed by atoms with Crippen molar-refractivity contribution >= 4 is 0 Å². The zero-order chi connectivity index (χ0) is 18.5. The number of aryl methyl sites for hydroxylation is 1. The summed E-state index contributed by atoms with van der Waals surface area (Å²) in [5.41, 5.74) is 4.77. The lowest BCUT2D eigenvalue weighted by Gasteiger charge is -2.32. The van der Waals surface area contributed by atoms with Crippen molar-refractivity contribution in [3.05, 3.63) is 64.7 Å². The number of hydrogen-bond donors (Lipinski definition) is 2. The van der Waals surface area contributed by atoms with E-state index in [9.17, 15) is 10.2 Å². The van der Waals surface area contributed by atoms with Crippen LogP contribution in [0.15, 0.2) is 42.5 Å². The minimum absolute atomic E-state index is 0.0571. The van der Waals surface area contributed by atoms with Gasteiger partial charge in [-0.25, -0.2) is 0 Å². The van der Waals surface area contributed by atoms with Gasteiger partial charge in [-0.15, -0.1) is 0 Å². The van der Waals surface area contributed by atoms with Gasteiger partial charge in [-0.05, 0) is 54.7 Å². The van der Waals surface area contributed by atoms with E-state index < -0.39 is 6.10 Å². The van der Waals surface area contributed by atoms with E-state index in [-0.39, 0.29) is 18.8 Å². The Labute approximate surface area is 155 Å². The Balaban J connectivity index is 1.77. The lowest BCUT2D eigenvalue weighted by atomic mass is 9.92. The molecule has 0 spiro atoms. The Morgan fingerprint density at radius 1 is 1.12 bits per heavy atom. The van der Waals surface area contributed by atoms with Crippen LogP contribution in [0.3, 0.4) is 0 Å². The topological polar surface area (TPSA) is 58.9 Å². The second-order valence-electron chi connectivity index (χ2n) is 6.99. The van der Waals surface area contributed by atoms with Gasteiger partial charge in [0.25, 0.3) is 0 Å². The summed E-state index contributed by atoms with van der Waals surface area (Å²) in [4.78, 5) is 0. The molecular formula is C22H28O4. The first-order valence-electron chi connectivity index (χ1n) is 9.34. The molecule has 0 aromatic heterocycles. The predicted molar refractivity (Wildman–Crippen MR) is 102 cm³/mol. The van der Waals surface area contributed by atoms with Crippen molar-refractivity contribution in [3.63, 3.8) is 0 Å². The third kappa shape index (κ3) is 4.64. The van der Waals surface area contributed by atoms with Crippen LogP contribution in [0.1, 0.15) is 48.1 Å². The Bertz CT molecular complexity index is 711. The van der Waals surface area contributed by atoms with Crippen LogP contribution in [-0.4, -0.2) is 35.6 Å². The van der Waals surface area contributed by atoms with Crippen LogP contribution in [0, 0.1) is 6.92 Å². The molecule has 0 bridgehead atoms. The van der Waals surface area contributed by atoms with Crippen LogP contribution in [-0.2, 0) is 11.2 Å². The van der Waals surface area contributed by atoms with Crippen LogP contribution >= 0.6 is 0 Å². The standard InChI is InChI=1S/C22H28O4/c1-3-25-20-8-5-16(6-9-20)10-18-11-17(7-4-15(18)2)22-13-19(24)12-21(14-23)26-22/h4-9,11,19,21-24H,3,10,12-14H2,1-2H3. The molecule has 0 aliphatic carbocycles. The lowest BCUT2D eigenvalue weighted by Crippen LogP contribution is -2.33. The van der Waals surface area contributed by atoms with Gasteiger partial charge in [-0.2, -0.15) is 0 Å². The number of rotatable bonds is 6. The van der Waals surface area contributed by atoms with Crippen LogP contribution in [0.4, 0.5) is 0 Å². The molecule has 1 fully saturated rings. The molecule has 1 aliphatic rings. The van der Waals surface area contributed by atoms with Gasteiger partial charge in [0.2, 0.25) is 0 Å². The molecule has 2 N–H and O–H groups in total. The van der Waals surface area contributed by atoms with E-state index in [4.69, 9.17) is 9.47 Å². The van der Waals surface area contributed by atoms with Crippen molar-refractivity contribution in [2.24, 2.45) is 0 Å². The van der Waals surface area contributed by atoms with E-state index in [0.717, 1.165) is 17.7 Å². The van der Waals surface area contributed by atoms with E-state index in [1.54, 1.807) is 0 Å². The molecule has 2 aromatic rings.